The minimum absolute atomic E-state index is 0.0327. The number of rotatable bonds is 5. The summed E-state index contributed by atoms with van der Waals surface area (Å²) in [6.45, 7) is 3.41. The monoisotopic (exact) mass is 375 g/mol. The van der Waals surface area contributed by atoms with Gasteiger partial charge in [0, 0.05) is 18.1 Å². The van der Waals surface area contributed by atoms with Gasteiger partial charge in [-0.05, 0) is 37.5 Å². The van der Waals surface area contributed by atoms with Gasteiger partial charge in [0.2, 0.25) is 10.0 Å². The molecule has 1 fully saturated rings. The Labute approximate surface area is 147 Å². The van der Waals surface area contributed by atoms with Crippen molar-refractivity contribution in [3.05, 3.63) is 28.8 Å². The number of nitrogens with zero attached hydrogens (tertiary/aromatic N) is 1. The molecule has 0 aromatic heterocycles. The lowest BCUT2D eigenvalue weighted by atomic mass is 9.74. The molecule has 1 aromatic rings. The Hall–Kier alpha value is -1.15. The van der Waals surface area contributed by atoms with E-state index in [1.165, 1.54) is 12.1 Å². The fourth-order valence-corrected chi connectivity index (χ4v) is 4.94. The fraction of sp³-hybridized carbons (Fsp3) is 0.562. The van der Waals surface area contributed by atoms with Crippen LogP contribution in [0.3, 0.4) is 0 Å². The number of carbonyl (C=O) groups is 1. The molecule has 1 heterocycles. The predicted octanol–water partition coefficient (Wildman–Crippen LogP) is 2.27. The van der Waals surface area contributed by atoms with Gasteiger partial charge in [0.25, 0.3) is 0 Å². The van der Waals surface area contributed by atoms with Crippen LogP contribution >= 0.6 is 11.6 Å². The third-order valence-corrected chi connectivity index (χ3v) is 6.90. The number of aryl methyl sites for hydroxylation is 1. The maximum atomic E-state index is 12.9. The highest BCUT2D eigenvalue weighted by atomic mass is 35.5. The topological polar surface area (TPSA) is 94.9 Å². The fourth-order valence-electron chi connectivity index (χ4n) is 3.14. The van der Waals surface area contributed by atoms with Gasteiger partial charge in [-0.2, -0.15) is 4.31 Å². The van der Waals surface area contributed by atoms with Crippen molar-refractivity contribution in [2.75, 3.05) is 13.1 Å². The van der Waals surface area contributed by atoms with E-state index in [1.54, 1.807) is 13.0 Å². The molecule has 0 amide bonds. The standard InChI is InChI=1S/C16H22ClNO5S/c1-3-7-16(15(20)21)10-18(8-6-14(16)19)24(22,23)12-5-4-11(2)13(17)9-12/h4-5,9,14,19H,3,6-8,10H2,1-2H3,(H,20,21)/t14?,16-/m0/s1. The molecule has 2 rings (SSSR count). The van der Waals surface area contributed by atoms with Crippen molar-refractivity contribution in [3.8, 4) is 0 Å². The molecule has 1 unspecified atom stereocenters. The minimum atomic E-state index is -3.87. The molecule has 0 radical (unpaired) electrons. The molecular weight excluding hydrogens is 354 g/mol. The van der Waals surface area contributed by atoms with E-state index in [4.69, 9.17) is 11.6 Å². The summed E-state index contributed by atoms with van der Waals surface area (Å²) in [5, 5.41) is 20.2. The van der Waals surface area contributed by atoms with Crippen LogP contribution in [0.2, 0.25) is 5.02 Å². The Kier molecular flexibility index (Phi) is 5.59. The lowest BCUT2D eigenvalue weighted by Gasteiger charge is -2.42. The van der Waals surface area contributed by atoms with Gasteiger partial charge in [-0.15, -0.1) is 0 Å². The van der Waals surface area contributed by atoms with Crippen molar-refractivity contribution in [2.24, 2.45) is 5.41 Å². The first-order valence-electron chi connectivity index (χ1n) is 7.83. The number of hydrogen-bond acceptors (Lipinski definition) is 4. The second-order valence-corrected chi connectivity index (χ2v) is 8.61. The molecule has 1 aromatic carbocycles. The van der Waals surface area contributed by atoms with E-state index in [0.29, 0.717) is 11.4 Å². The first-order chi connectivity index (χ1) is 11.1. The quantitative estimate of drug-likeness (QED) is 0.823. The van der Waals surface area contributed by atoms with Crippen LogP contribution in [-0.2, 0) is 14.8 Å². The number of piperidine rings is 1. The number of aliphatic hydroxyl groups excluding tert-OH is 1. The smallest absolute Gasteiger partial charge is 0.313 e. The SMILES string of the molecule is CCC[C@]1(C(=O)O)CN(S(=O)(=O)c2ccc(C)c(Cl)c2)CCC1O. The van der Waals surface area contributed by atoms with Gasteiger partial charge in [0.1, 0.15) is 5.41 Å². The van der Waals surface area contributed by atoms with E-state index in [-0.39, 0.29) is 30.8 Å². The van der Waals surface area contributed by atoms with Gasteiger partial charge < -0.3 is 10.2 Å². The number of aliphatic hydroxyl groups is 1. The summed E-state index contributed by atoms with van der Waals surface area (Å²) in [5.41, 5.74) is -0.718. The molecule has 1 aliphatic heterocycles. The van der Waals surface area contributed by atoms with Crippen molar-refractivity contribution in [2.45, 2.75) is 44.1 Å². The molecule has 0 spiro atoms. The highest BCUT2D eigenvalue weighted by molar-refractivity contribution is 7.89. The molecule has 0 bridgehead atoms. The van der Waals surface area contributed by atoms with Crippen LogP contribution in [0, 0.1) is 12.3 Å². The molecule has 134 valence electrons. The maximum absolute atomic E-state index is 12.9. The zero-order chi connectivity index (χ0) is 18.1. The van der Waals surface area contributed by atoms with Crippen molar-refractivity contribution in [3.63, 3.8) is 0 Å². The van der Waals surface area contributed by atoms with Gasteiger partial charge in [0.05, 0.1) is 11.0 Å². The Morgan fingerprint density at radius 1 is 1.46 bits per heavy atom. The average molecular weight is 376 g/mol. The van der Waals surface area contributed by atoms with Crippen molar-refractivity contribution in [1.82, 2.24) is 4.31 Å². The van der Waals surface area contributed by atoms with E-state index in [1.807, 2.05) is 6.92 Å². The lowest BCUT2D eigenvalue weighted by molar-refractivity contribution is -0.161. The average Bonchev–Trinajstić information content (AvgIpc) is 2.51. The summed E-state index contributed by atoms with van der Waals surface area (Å²) < 4.78 is 26.9. The summed E-state index contributed by atoms with van der Waals surface area (Å²) in [6.07, 6.45) is -0.230. The molecule has 6 nitrogen and oxygen atoms in total. The Bertz CT molecular complexity index is 736. The lowest BCUT2D eigenvalue weighted by Crippen LogP contribution is -2.57. The van der Waals surface area contributed by atoms with Gasteiger partial charge in [-0.3, -0.25) is 4.79 Å². The molecule has 2 N–H and O–H groups in total. The highest BCUT2D eigenvalue weighted by Gasteiger charge is 2.50. The van der Waals surface area contributed by atoms with E-state index in [0.717, 1.165) is 9.87 Å². The number of halogens is 1. The van der Waals surface area contributed by atoms with Gasteiger partial charge >= 0.3 is 5.97 Å². The number of hydrogen-bond donors (Lipinski definition) is 2. The highest BCUT2D eigenvalue weighted by Crippen LogP contribution is 2.37. The van der Waals surface area contributed by atoms with E-state index in [9.17, 15) is 23.4 Å². The van der Waals surface area contributed by atoms with E-state index in [2.05, 4.69) is 0 Å². The van der Waals surface area contributed by atoms with Crippen molar-refractivity contribution in [1.29, 1.82) is 0 Å². The minimum Gasteiger partial charge on any atom is -0.481 e. The first-order valence-corrected chi connectivity index (χ1v) is 9.64. The zero-order valence-corrected chi connectivity index (χ0v) is 15.3. The normalized spacial score (nSPS) is 25.6. The largest absolute Gasteiger partial charge is 0.481 e. The van der Waals surface area contributed by atoms with Gasteiger partial charge in [0.15, 0.2) is 0 Å². The molecule has 8 heteroatoms. The molecule has 1 saturated heterocycles. The number of benzene rings is 1. The van der Waals surface area contributed by atoms with E-state index >= 15 is 0 Å². The number of sulfonamides is 1. The van der Waals surface area contributed by atoms with Crippen LogP contribution in [0.4, 0.5) is 0 Å². The van der Waals surface area contributed by atoms with Crippen LogP contribution in [-0.4, -0.2) is 48.1 Å². The van der Waals surface area contributed by atoms with Gasteiger partial charge in [-0.25, -0.2) is 8.42 Å². The maximum Gasteiger partial charge on any atom is 0.313 e. The van der Waals surface area contributed by atoms with Crippen LogP contribution in [0.15, 0.2) is 23.1 Å². The number of carboxylic acid groups (broad SMARTS) is 1. The molecule has 0 aliphatic carbocycles. The van der Waals surface area contributed by atoms with Crippen LogP contribution < -0.4 is 0 Å². The third kappa shape index (κ3) is 3.31. The molecular formula is C16H22ClNO5S. The molecule has 2 atom stereocenters. The Morgan fingerprint density at radius 2 is 2.12 bits per heavy atom. The summed E-state index contributed by atoms with van der Waals surface area (Å²) >= 11 is 6.02. The number of aliphatic carboxylic acids is 1. The van der Waals surface area contributed by atoms with Crippen LogP contribution in [0.25, 0.3) is 0 Å². The second kappa shape index (κ2) is 7.00. The third-order valence-electron chi connectivity index (χ3n) is 4.65. The number of carboxylic acids is 1. The van der Waals surface area contributed by atoms with Crippen LogP contribution in [0.1, 0.15) is 31.7 Å². The Morgan fingerprint density at radius 3 is 2.67 bits per heavy atom. The van der Waals surface area contributed by atoms with Crippen molar-refractivity contribution < 1.29 is 23.4 Å². The Balaban J connectivity index is 2.40. The zero-order valence-electron chi connectivity index (χ0n) is 13.7. The van der Waals surface area contributed by atoms with Crippen molar-refractivity contribution >= 4 is 27.6 Å². The summed E-state index contributed by atoms with van der Waals surface area (Å²) in [6, 6.07) is 4.45. The first kappa shape index (κ1) is 19.2. The summed E-state index contributed by atoms with van der Waals surface area (Å²) in [5.74, 6) is -1.17. The second-order valence-electron chi connectivity index (χ2n) is 6.27. The predicted molar refractivity (Wildman–Crippen MR) is 90.5 cm³/mol. The molecule has 24 heavy (non-hydrogen) atoms. The molecule has 0 saturated carbocycles. The summed E-state index contributed by atoms with van der Waals surface area (Å²) in [4.78, 5) is 11.8. The summed E-state index contributed by atoms with van der Waals surface area (Å²) in [7, 11) is -3.87. The molecule has 1 aliphatic rings. The van der Waals surface area contributed by atoms with E-state index < -0.39 is 27.5 Å². The van der Waals surface area contributed by atoms with Crippen LogP contribution in [0.5, 0.6) is 0 Å². The van der Waals surface area contributed by atoms with Gasteiger partial charge in [-0.1, -0.05) is 31.0 Å².